The number of benzene rings is 1. The van der Waals surface area contributed by atoms with Gasteiger partial charge in [-0.3, -0.25) is 4.79 Å². The predicted octanol–water partition coefficient (Wildman–Crippen LogP) is 2.81. The van der Waals surface area contributed by atoms with Crippen molar-refractivity contribution in [3.63, 3.8) is 0 Å². The summed E-state index contributed by atoms with van der Waals surface area (Å²) in [4.78, 5) is 11.4. The fraction of sp³-hybridized carbons (Fsp3) is 0.417. The molecule has 0 heterocycles. The fourth-order valence-electron chi connectivity index (χ4n) is 1.36. The lowest BCUT2D eigenvalue weighted by atomic mass is 10.1. The van der Waals surface area contributed by atoms with Gasteiger partial charge in [0, 0.05) is 16.6 Å². The Hall–Kier alpha value is -0.480. The Morgan fingerprint density at radius 3 is 2.67 bits per heavy atom. The average Bonchev–Trinajstić information content (AvgIpc) is 2.30. The van der Waals surface area contributed by atoms with Crippen molar-refractivity contribution in [2.24, 2.45) is 5.73 Å². The molecule has 0 saturated heterocycles. The van der Waals surface area contributed by atoms with Gasteiger partial charge in [0.2, 0.25) is 5.91 Å². The second kappa shape index (κ2) is 8.59. The highest BCUT2D eigenvalue weighted by Crippen LogP contribution is 2.20. The van der Waals surface area contributed by atoms with Crippen LogP contribution in [-0.4, -0.2) is 18.5 Å². The number of amides is 1. The van der Waals surface area contributed by atoms with Crippen LogP contribution in [0.3, 0.4) is 0 Å². The van der Waals surface area contributed by atoms with Crippen molar-refractivity contribution in [3.05, 3.63) is 33.8 Å². The first-order valence-electron chi connectivity index (χ1n) is 5.51. The van der Waals surface area contributed by atoms with Crippen LogP contribution < -0.4 is 11.1 Å². The van der Waals surface area contributed by atoms with Gasteiger partial charge in [0.05, 0.1) is 6.04 Å². The standard InChI is InChI=1S/C12H16Cl2N2O.ClH/c1-2-11(15)12(17)16-6-5-8-3-4-9(13)7-10(8)14;/h3-4,7,11H,2,5-6,15H2,1H3,(H,16,17);1H/t11-;/m0./s1. The molecule has 0 spiro atoms. The molecule has 0 aliphatic heterocycles. The molecule has 0 aliphatic carbocycles. The first-order valence-corrected chi connectivity index (χ1v) is 6.27. The largest absolute Gasteiger partial charge is 0.354 e. The number of carbonyl (C=O) groups excluding carboxylic acids is 1. The summed E-state index contributed by atoms with van der Waals surface area (Å²) in [5.74, 6) is -0.127. The van der Waals surface area contributed by atoms with E-state index in [0.717, 1.165) is 5.56 Å². The Kier molecular flexibility index (Phi) is 8.36. The normalized spacial score (nSPS) is 11.6. The van der Waals surface area contributed by atoms with Gasteiger partial charge in [0.15, 0.2) is 0 Å². The van der Waals surface area contributed by atoms with Crippen LogP contribution in [0.2, 0.25) is 10.0 Å². The van der Waals surface area contributed by atoms with Gasteiger partial charge in [-0.2, -0.15) is 0 Å². The SMILES string of the molecule is CC[C@H](N)C(=O)NCCc1ccc(Cl)cc1Cl.Cl. The summed E-state index contributed by atoms with van der Waals surface area (Å²) in [7, 11) is 0. The summed E-state index contributed by atoms with van der Waals surface area (Å²) in [6.45, 7) is 2.40. The van der Waals surface area contributed by atoms with E-state index in [9.17, 15) is 4.79 Å². The van der Waals surface area contributed by atoms with Crippen molar-refractivity contribution < 1.29 is 4.79 Å². The topological polar surface area (TPSA) is 55.1 Å². The molecule has 1 atom stereocenters. The lowest BCUT2D eigenvalue weighted by Crippen LogP contribution is -2.40. The number of hydrogen-bond donors (Lipinski definition) is 2. The van der Waals surface area contributed by atoms with Gasteiger partial charge in [-0.05, 0) is 30.5 Å². The molecule has 0 radical (unpaired) electrons. The predicted molar refractivity (Wildman–Crippen MR) is 78.7 cm³/mol. The average molecular weight is 312 g/mol. The van der Waals surface area contributed by atoms with Crippen LogP contribution in [-0.2, 0) is 11.2 Å². The molecule has 1 rings (SSSR count). The van der Waals surface area contributed by atoms with Crippen LogP contribution in [0.25, 0.3) is 0 Å². The zero-order valence-corrected chi connectivity index (χ0v) is 12.4. The summed E-state index contributed by atoms with van der Waals surface area (Å²) >= 11 is 11.8. The second-order valence-electron chi connectivity index (χ2n) is 3.79. The van der Waals surface area contributed by atoms with Crippen LogP contribution in [0.15, 0.2) is 18.2 Å². The van der Waals surface area contributed by atoms with Gasteiger partial charge in [0.1, 0.15) is 0 Å². The highest BCUT2D eigenvalue weighted by atomic mass is 35.5. The molecule has 0 saturated carbocycles. The van der Waals surface area contributed by atoms with Gasteiger partial charge in [-0.15, -0.1) is 12.4 Å². The van der Waals surface area contributed by atoms with E-state index in [0.29, 0.717) is 29.4 Å². The zero-order chi connectivity index (χ0) is 12.8. The van der Waals surface area contributed by atoms with Crippen molar-refractivity contribution in [1.82, 2.24) is 5.32 Å². The van der Waals surface area contributed by atoms with E-state index in [1.807, 2.05) is 13.0 Å². The van der Waals surface area contributed by atoms with E-state index in [1.165, 1.54) is 0 Å². The fourth-order valence-corrected chi connectivity index (χ4v) is 1.86. The Bertz CT molecular complexity index is 399. The Labute approximate surface area is 123 Å². The minimum Gasteiger partial charge on any atom is -0.354 e. The molecule has 0 unspecified atom stereocenters. The summed E-state index contributed by atoms with van der Waals surface area (Å²) in [5, 5.41) is 3.99. The molecule has 6 heteroatoms. The number of nitrogens with one attached hydrogen (secondary N) is 1. The number of nitrogens with two attached hydrogens (primary N) is 1. The van der Waals surface area contributed by atoms with Crippen molar-refractivity contribution in [3.8, 4) is 0 Å². The smallest absolute Gasteiger partial charge is 0.236 e. The van der Waals surface area contributed by atoms with Crippen molar-refractivity contribution in [1.29, 1.82) is 0 Å². The lowest BCUT2D eigenvalue weighted by molar-refractivity contribution is -0.122. The first-order chi connectivity index (χ1) is 8.04. The minimum atomic E-state index is -0.435. The molecule has 0 fully saturated rings. The van der Waals surface area contributed by atoms with Crippen molar-refractivity contribution in [2.45, 2.75) is 25.8 Å². The third-order valence-electron chi connectivity index (χ3n) is 2.49. The summed E-state index contributed by atoms with van der Waals surface area (Å²) in [5.41, 5.74) is 6.55. The van der Waals surface area contributed by atoms with Crippen LogP contribution >= 0.6 is 35.6 Å². The Morgan fingerprint density at radius 1 is 1.44 bits per heavy atom. The summed E-state index contributed by atoms with van der Waals surface area (Å²) in [6, 6.07) is 4.90. The molecule has 0 aromatic heterocycles. The molecule has 3 nitrogen and oxygen atoms in total. The molecular formula is C12H17Cl3N2O. The minimum absolute atomic E-state index is 0. The zero-order valence-electron chi connectivity index (χ0n) is 10.1. The van der Waals surface area contributed by atoms with Crippen LogP contribution in [0.5, 0.6) is 0 Å². The highest BCUT2D eigenvalue weighted by Gasteiger charge is 2.10. The van der Waals surface area contributed by atoms with Gasteiger partial charge in [-0.25, -0.2) is 0 Å². The number of carbonyl (C=O) groups is 1. The molecule has 1 amide bonds. The van der Waals surface area contributed by atoms with E-state index in [1.54, 1.807) is 12.1 Å². The van der Waals surface area contributed by atoms with E-state index in [2.05, 4.69) is 5.32 Å². The van der Waals surface area contributed by atoms with Gasteiger partial charge < -0.3 is 11.1 Å². The first kappa shape index (κ1) is 17.5. The maximum atomic E-state index is 11.4. The third kappa shape index (κ3) is 5.44. The number of rotatable bonds is 5. The molecule has 1 aromatic carbocycles. The Morgan fingerprint density at radius 2 is 2.11 bits per heavy atom. The van der Waals surface area contributed by atoms with E-state index >= 15 is 0 Å². The van der Waals surface area contributed by atoms with Crippen molar-refractivity contribution >= 4 is 41.5 Å². The molecule has 0 aliphatic rings. The molecule has 1 aromatic rings. The number of halogens is 3. The van der Waals surface area contributed by atoms with Crippen molar-refractivity contribution in [2.75, 3.05) is 6.54 Å². The Balaban J connectivity index is 0.00000289. The third-order valence-corrected chi connectivity index (χ3v) is 3.07. The summed E-state index contributed by atoms with van der Waals surface area (Å²) < 4.78 is 0. The lowest BCUT2D eigenvalue weighted by Gasteiger charge is -2.10. The van der Waals surface area contributed by atoms with E-state index in [-0.39, 0.29) is 18.3 Å². The van der Waals surface area contributed by atoms with Gasteiger partial charge >= 0.3 is 0 Å². The summed E-state index contributed by atoms with van der Waals surface area (Å²) in [6.07, 6.45) is 1.30. The van der Waals surface area contributed by atoms with E-state index < -0.39 is 6.04 Å². The van der Waals surface area contributed by atoms with Crippen LogP contribution in [0, 0.1) is 0 Å². The van der Waals surface area contributed by atoms with Gasteiger partial charge in [0.25, 0.3) is 0 Å². The highest BCUT2D eigenvalue weighted by molar-refractivity contribution is 6.35. The molecule has 0 bridgehead atoms. The number of hydrogen-bond acceptors (Lipinski definition) is 2. The van der Waals surface area contributed by atoms with Crippen LogP contribution in [0.4, 0.5) is 0 Å². The molecule has 18 heavy (non-hydrogen) atoms. The van der Waals surface area contributed by atoms with Gasteiger partial charge in [-0.1, -0.05) is 36.2 Å². The monoisotopic (exact) mass is 310 g/mol. The van der Waals surface area contributed by atoms with Crippen LogP contribution in [0.1, 0.15) is 18.9 Å². The molecule has 102 valence electrons. The molecular weight excluding hydrogens is 295 g/mol. The maximum absolute atomic E-state index is 11.4. The quantitative estimate of drug-likeness (QED) is 0.878. The second-order valence-corrected chi connectivity index (χ2v) is 4.64. The maximum Gasteiger partial charge on any atom is 0.236 e. The van der Waals surface area contributed by atoms with E-state index in [4.69, 9.17) is 28.9 Å². The molecule has 3 N–H and O–H groups in total.